The molecule has 0 aromatic heterocycles. The smallest absolute Gasteiger partial charge is 0.338 e. The number of esters is 2. The first-order valence-corrected chi connectivity index (χ1v) is 10.1. The highest BCUT2D eigenvalue weighted by Gasteiger charge is 2.33. The lowest BCUT2D eigenvalue weighted by molar-refractivity contribution is 0.0471. The molecule has 1 fully saturated rings. The zero-order valence-electron chi connectivity index (χ0n) is 15.6. The van der Waals surface area contributed by atoms with Gasteiger partial charge < -0.3 is 14.6 Å². The van der Waals surface area contributed by atoms with E-state index >= 15 is 0 Å². The van der Waals surface area contributed by atoms with E-state index in [0.717, 1.165) is 4.31 Å². The zero-order chi connectivity index (χ0) is 21.0. The number of ether oxygens (including phenoxy) is 2. The van der Waals surface area contributed by atoms with Gasteiger partial charge in [0.05, 0.1) is 24.8 Å². The van der Waals surface area contributed by atoms with E-state index in [9.17, 15) is 23.1 Å². The molecule has 2 N–H and O–H groups in total. The van der Waals surface area contributed by atoms with Gasteiger partial charge in [-0.2, -0.15) is 17.4 Å². The number of nitrogens with zero attached hydrogens (tertiary/aromatic N) is 1. The van der Waals surface area contributed by atoms with Crippen LogP contribution in [0, 0.1) is 0 Å². The fourth-order valence-corrected chi connectivity index (χ4v) is 3.99. The summed E-state index contributed by atoms with van der Waals surface area (Å²) in [5, 5.41) is 9.42. The molecule has 0 amide bonds. The van der Waals surface area contributed by atoms with E-state index in [1.165, 1.54) is 7.11 Å². The molecule has 0 aliphatic carbocycles. The van der Waals surface area contributed by atoms with Crippen LogP contribution in [-0.2, 0) is 32.8 Å². The van der Waals surface area contributed by atoms with Crippen molar-refractivity contribution in [3.63, 3.8) is 0 Å². The molecule has 0 bridgehead atoms. The molecule has 1 aliphatic heterocycles. The Labute approximate surface area is 168 Å². The molecule has 2 aromatic carbocycles. The Morgan fingerprint density at radius 3 is 2.10 bits per heavy atom. The predicted octanol–water partition coefficient (Wildman–Crippen LogP) is 0.799. The van der Waals surface area contributed by atoms with Gasteiger partial charge in [-0.1, -0.05) is 24.3 Å². The Morgan fingerprint density at radius 2 is 1.59 bits per heavy atom. The molecule has 29 heavy (non-hydrogen) atoms. The van der Waals surface area contributed by atoms with Crippen molar-refractivity contribution in [1.29, 1.82) is 0 Å². The third-order valence-corrected chi connectivity index (χ3v) is 5.82. The number of aliphatic hydroxyl groups excluding tert-OH is 1. The summed E-state index contributed by atoms with van der Waals surface area (Å²) in [7, 11) is -2.40. The monoisotopic (exact) mass is 420 g/mol. The molecular formula is C19H20N2O7S. The third kappa shape index (κ3) is 5.18. The van der Waals surface area contributed by atoms with Crippen molar-refractivity contribution in [3.05, 3.63) is 70.8 Å². The van der Waals surface area contributed by atoms with Gasteiger partial charge in [-0.3, -0.25) is 0 Å². The van der Waals surface area contributed by atoms with Gasteiger partial charge in [0.1, 0.15) is 12.8 Å². The number of hydrogen-bond donors (Lipinski definition) is 2. The molecule has 154 valence electrons. The van der Waals surface area contributed by atoms with E-state index in [4.69, 9.17) is 4.74 Å². The fraction of sp³-hybridized carbons (Fsp3) is 0.263. The maximum Gasteiger partial charge on any atom is 0.338 e. The van der Waals surface area contributed by atoms with Gasteiger partial charge in [0.15, 0.2) is 0 Å². The fourth-order valence-electron chi connectivity index (χ4n) is 2.76. The number of methoxy groups -OCH3 is 1. The Kier molecular flexibility index (Phi) is 6.28. The lowest BCUT2D eigenvalue weighted by atomic mass is 10.1. The number of nitrogens with one attached hydrogen (secondary N) is 1. The third-order valence-electron chi connectivity index (χ3n) is 4.29. The normalized spacial score (nSPS) is 18.3. The van der Waals surface area contributed by atoms with Crippen LogP contribution in [0.2, 0.25) is 0 Å². The quantitative estimate of drug-likeness (QED) is 0.663. The average Bonchev–Trinajstić information content (AvgIpc) is 2.97. The van der Waals surface area contributed by atoms with Crippen molar-refractivity contribution in [1.82, 2.24) is 9.03 Å². The summed E-state index contributed by atoms with van der Waals surface area (Å²) in [6.45, 7) is 0.0762. The van der Waals surface area contributed by atoms with Crippen molar-refractivity contribution in [3.8, 4) is 0 Å². The van der Waals surface area contributed by atoms with E-state index < -0.39 is 28.4 Å². The molecule has 1 heterocycles. The Hall–Kier alpha value is -2.79. The molecule has 2 aromatic rings. The van der Waals surface area contributed by atoms with Crippen LogP contribution in [0.15, 0.2) is 48.5 Å². The standard InChI is InChI=1S/C19H20N2O7S/c1-27-18(23)15-8-4-14(5-9-15)12-28-19(24)16-6-2-13(3-7-16)10-21-11-17(22)20-29(21,25)26/h2-9,17,20,22H,10-12H2,1H3. The predicted molar refractivity (Wildman–Crippen MR) is 102 cm³/mol. The Bertz CT molecular complexity index is 988. The molecular weight excluding hydrogens is 400 g/mol. The van der Waals surface area contributed by atoms with Crippen LogP contribution in [0.1, 0.15) is 31.8 Å². The van der Waals surface area contributed by atoms with Gasteiger partial charge in [0, 0.05) is 6.54 Å². The van der Waals surface area contributed by atoms with E-state index in [2.05, 4.69) is 9.46 Å². The topological polar surface area (TPSA) is 122 Å². The summed E-state index contributed by atoms with van der Waals surface area (Å²) in [5.74, 6) is -0.972. The van der Waals surface area contributed by atoms with Crippen molar-refractivity contribution in [2.24, 2.45) is 0 Å². The molecule has 0 spiro atoms. The van der Waals surface area contributed by atoms with Crippen molar-refractivity contribution < 1.29 is 32.6 Å². The van der Waals surface area contributed by atoms with Crippen LogP contribution in [0.3, 0.4) is 0 Å². The first-order chi connectivity index (χ1) is 13.8. The molecule has 9 nitrogen and oxygen atoms in total. The van der Waals surface area contributed by atoms with E-state index in [0.29, 0.717) is 22.3 Å². The molecule has 3 rings (SSSR count). The maximum atomic E-state index is 12.2. The van der Waals surface area contributed by atoms with Gasteiger partial charge in [0.2, 0.25) is 0 Å². The minimum absolute atomic E-state index is 0.0393. The van der Waals surface area contributed by atoms with Crippen LogP contribution < -0.4 is 4.72 Å². The van der Waals surface area contributed by atoms with E-state index in [1.807, 2.05) is 0 Å². The highest BCUT2D eigenvalue weighted by Crippen LogP contribution is 2.15. The molecule has 0 radical (unpaired) electrons. The summed E-state index contributed by atoms with van der Waals surface area (Å²) in [6.07, 6.45) is -1.13. The second-order valence-electron chi connectivity index (χ2n) is 6.39. The number of rotatable bonds is 6. The first-order valence-electron chi connectivity index (χ1n) is 8.67. The van der Waals surface area contributed by atoms with Gasteiger partial charge >= 0.3 is 11.9 Å². The minimum Gasteiger partial charge on any atom is -0.465 e. The lowest BCUT2D eigenvalue weighted by Gasteiger charge is -2.13. The zero-order valence-corrected chi connectivity index (χ0v) is 16.4. The Balaban J connectivity index is 1.56. The minimum atomic E-state index is -3.70. The Morgan fingerprint density at radius 1 is 1.03 bits per heavy atom. The van der Waals surface area contributed by atoms with E-state index in [-0.39, 0.29) is 19.7 Å². The molecule has 1 aliphatic rings. The number of benzene rings is 2. The SMILES string of the molecule is COC(=O)c1ccc(COC(=O)c2ccc(CN3CC(O)NS3(=O)=O)cc2)cc1. The average molecular weight is 420 g/mol. The van der Waals surface area contributed by atoms with E-state index in [1.54, 1.807) is 48.5 Å². The molecule has 1 atom stereocenters. The van der Waals surface area contributed by atoms with Crippen LogP contribution in [0.25, 0.3) is 0 Å². The summed E-state index contributed by atoms with van der Waals surface area (Å²) >= 11 is 0. The summed E-state index contributed by atoms with van der Waals surface area (Å²) in [6, 6.07) is 12.9. The van der Waals surface area contributed by atoms with Crippen LogP contribution in [0.4, 0.5) is 0 Å². The van der Waals surface area contributed by atoms with Gasteiger partial charge in [0.25, 0.3) is 10.2 Å². The highest BCUT2D eigenvalue weighted by molar-refractivity contribution is 7.87. The molecule has 1 saturated heterocycles. The largest absolute Gasteiger partial charge is 0.465 e. The van der Waals surface area contributed by atoms with Gasteiger partial charge in [-0.15, -0.1) is 0 Å². The van der Waals surface area contributed by atoms with Crippen molar-refractivity contribution in [2.75, 3.05) is 13.7 Å². The highest BCUT2D eigenvalue weighted by atomic mass is 32.2. The molecule has 1 unspecified atom stereocenters. The lowest BCUT2D eigenvalue weighted by Crippen LogP contribution is -2.29. The van der Waals surface area contributed by atoms with Crippen LogP contribution in [-0.4, -0.2) is 49.7 Å². The number of β-amino-alcohol motifs (C(OH)–C–C–N with tert-alkyl or cyclic N) is 1. The number of carbonyl (C=O) groups is 2. The number of hydrogen-bond acceptors (Lipinski definition) is 7. The van der Waals surface area contributed by atoms with Crippen molar-refractivity contribution in [2.45, 2.75) is 19.4 Å². The van der Waals surface area contributed by atoms with Gasteiger partial charge in [-0.05, 0) is 35.4 Å². The second kappa shape index (κ2) is 8.70. The second-order valence-corrected chi connectivity index (χ2v) is 8.10. The first kappa shape index (κ1) is 20.9. The molecule has 10 heteroatoms. The summed E-state index contributed by atoms with van der Waals surface area (Å²) in [5.41, 5.74) is 2.11. The maximum absolute atomic E-state index is 12.2. The number of carbonyl (C=O) groups excluding carboxylic acids is 2. The van der Waals surface area contributed by atoms with Crippen LogP contribution >= 0.6 is 0 Å². The summed E-state index contributed by atoms with van der Waals surface area (Å²) in [4.78, 5) is 23.6. The van der Waals surface area contributed by atoms with Gasteiger partial charge in [-0.25, -0.2) is 9.59 Å². The summed E-state index contributed by atoms with van der Waals surface area (Å²) < 4.78 is 36.7. The number of aliphatic hydroxyl groups is 1. The molecule has 0 saturated carbocycles. The van der Waals surface area contributed by atoms with Crippen LogP contribution in [0.5, 0.6) is 0 Å². The van der Waals surface area contributed by atoms with Crippen molar-refractivity contribution >= 4 is 22.1 Å².